The molecule has 0 spiro atoms. The van der Waals surface area contributed by atoms with E-state index in [1.807, 2.05) is 0 Å². The maximum absolute atomic E-state index is 13.7. The lowest BCUT2D eigenvalue weighted by atomic mass is 10.1. The molecule has 0 saturated carbocycles. The standard InChI is InChI=1S/C16H10ClFN2O2S/c1-10-6-11(17)2-4-14(10)20-9-13(8-19)23(21,22)16-5-3-12(18)7-15(16)20/h2-7,9H,1H3. The third-order valence-electron chi connectivity index (χ3n) is 3.53. The van der Waals surface area contributed by atoms with Gasteiger partial charge in [-0.25, -0.2) is 12.8 Å². The summed E-state index contributed by atoms with van der Waals surface area (Å²) in [5, 5.41) is 9.69. The van der Waals surface area contributed by atoms with Gasteiger partial charge in [0.25, 0.3) is 0 Å². The molecule has 0 unspecified atom stereocenters. The second-order valence-corrected chi connectivity index (χ2v) is 7.34. The Morgan fingerprint density at radius 1 is 1.17 bits per heavy atom. The van der Waals surface area contributed by atoms with Gasteiger partial charge in [0.2, 0.25) is 9.84 Å². The summed E-state index contributed by atoms with van der Waals surface area (Å²) in [5.74, 6) is -0.565. The van der Waals surface area contributed by atoms with E-state index in [2.05, 4.69) is 0 Å². The lowest BCUT2D eigenvalue weighted by Gasteiger charge is -2.28. The summed E-state index contributed by atoms with van der Waals surface area (Å²) >= 11 is 5.94. The van der Waals surface area contributed by atoms with Crippen LogP contribution in [0.4, 0.5) is 15.8 Å². The molecular weight excluding hydrogens is 339 g/mol. The first-order chi connectivity index (χ1) is 10.8. The molecule has 1 aliphatic rings. The summed E-state index contributed by atoms with van der Waals surface area (Å²) in [6.07, 6.45) is 1.20. The molecule has 0 N–H and O–H groups in total. The van der Waals surface area contributed by atoms with Crippen LogP contribution in [0.3, 0.4) is 0 Å². The van der Waals surface area contributed by atoms with Crippen LogP contribution in [0.2, 0.25) is 5.02 Å². The van der Waals surface area contributed by atoms with E-state index < -0.39 is 20.6 Å². The number of benzene rings is 2. The summed E-state index contributed by atoms with van der Waals surface area (Å²) in [6, 6.07) is 10.1. The molecule has 0 amide bonds. The van der Waals surface area contributed by atoms with Crippen LogP contribution >= 0.6 is 11.6 Å². The van der Waals surface area contributed by atoms with Gasteiger partial charge in [-0.15, -0.1) is 0 Å². The van der Waals surface area contributed by atoms with Gasteiger partial charge in [-0.2, -0.15) is 5.26 Å². The molecule has 0 radical (unpaired) electrons. The minimum absolute atomic E-state index is 0.104. The third-order valence-corrected chi connectivity index (χ3v) is 5.47. The molecule has 0 atom stereocenters. The molecule has 1 aliphatic heterocycles. The number of hydrogen-bond donors (Lipinski definition) is 0. The molecule has 116 valence electrons. The Hall–Kier alpha value is -2.36. The largest absolute Gasteiger partial charge is 0.313 e. The predicted octanol–water partition coefficient (Wildman–Crippen LogP) is 4.08. The molecule has 0 bridgehead atoms. The van der Waals surface area contributed by atoms with Crippen LogP contribution in [0.5, 0.6) is 0 Å². The first-order valence-electron chi connectivity index (χ1n) is 6.56. The maximum atomic E-state index is 13.7. The Kier molecular flexibility index (Phi) is 3.63. The highest BCUT2D eigenvalue weighted by molar-refractivity contribution is 7.95. The third kappa shape index (κ3) is 2.48. The van der Waals surface area contributed by atoms with Crippen LogP contribution in [-0.2, 0) is 9.84 Å². The maximum Gasteiger partial charge on any atom is 0.220 e. The van der Waals surface area contributed by atoms with E-state index in [-0.39, 0.29) is 10.6 Å². The quantitative estimate of drug-likeness (QED) is 0.728. The highest BCUT2D eigenvalue weighted by Crippen LogP contribution is 2.41. The first-order valence-corrected chi connectivity index (χ1v) is 8.42. The van der Waals surface area contributed by atoms with Crippen LogP contribution in [-0.4, -0.2) is 8.42 Å². The molecule has 4 nitrogen and oxygen atoms in total. The van der Waals surface area contributed by atoms with E-state index in [1.54, 1.807) is 31.2 Å². The number of aryl methyl sites for hydroxylation is 1. The van der Waals surface area contributed by atoms with Crippen molar-refractivity contribution in [1.29, 1.82) is 5.26 Å². The average Bonchev–Trinajstić information content (AvgIpc) is 2.48. The summed E-state index contributed by atoms with van der Waals surface area (Å²) in [5.41, 5.74) is 1.54. The summed E-state index contributed by atoms with van der Waals surface area (Å²) in [6.45, 7) is 1.79. The fraction of sp³-hybridized carbons (Fsp3) is 0.0625. The van der Waals surface area contributed by atoms with Crippen molar-refractivity contribution in [1.82, 2.24) is 0 Å². The van der Waals surface area contributed by atoms with Crippen molar-refractivity contribution in [3.05, 3.63) is 63.9 Å². The number of nitrogens with zero attached hydrogens (tertiary/aromatic N) is 2. The highest BCUT2D eigenvalue weighted by atomic mass is 35.5. The second kappa shape index (κ2) is 5.37. The molecule has 23 heavy (non-hydrogen) atoms. The normalized spacial score (nSPS) is 15.6. The molecule has 2 aromatic rings. The number of hydrogen-bond acceptors (Lipinski definition) is 4. The van der Waals surface area contributed by atoms with Gasteiger partial charge >= 0.3 is 0 Å². The van der Waals surface area contributed by atoms with Gasteiger partial charge in [-0.3, -0.25) is 0 Å². The van der Waals surface area contributed by atoms with E-state index in [4.69, 9.17) is 16.9 Å². The highest BCUT2D eigenvalue weighted by Gasteiger charge is 2.32. The Balaban J connectivity index is 2.33. The fourth-order valence-electron chi connectivity index (χ4n) is 2.46. The van der Waals surface area contributed by atoms with E-state index in [0.717, 1.165) is 17.7 Å². The number of sulfone groups is 1. The number of rotatable bonds is 1. The van der Waals surface area contributed by atoms with Crippen molar-refractivity contribution in [3.63, 3.8) is 0 Å². The molecule has 0 aromatic heterocycles. The van der Waals surface area contributed by atoms with Gasteiger partial charge < -0.3 is 4.90 Å². The van der Waals surface area contributed by atoms with Gasteiger partial charge in [-0.1, -0.05) is 11.6 Å². The van der Waals surface area contributed by atoms with Gasteiger partial charge in [-0.05, 0) is 48.9 Å². The zero-order valence-electron chi connectivity index (χ0n) is 11.9. The van der Waals surface area contributed by atoms with Crippen LogP contribution in [0, 0.1) is 24.1 Å². The molecule has 7 heteroatoms. The van der Waals surface area contributed by atoms with Gasteiger partial charge in [0.05, 0.1) is 10.6 Å². The minimum atomic E-state index is -3.95. The average molecular weight is 349 g/mol. The van der Waals surface area contributed by atoms with Crippen molar-refractivity contribution in [3.8, 4) is 6.07 Å². The molecule has 3 rings (SSSR count). The molecular formula is C16H10ClFN2O2S. The molecule has 2 aromatic carbocycles. The van der Waals surface area contributed by atoms with E-state index >= 15 is 0 Å². The Morgan fingerprint density at radius 2 is 1.91 bits per heavy atom. The van der Waals surface area contributed by atoms with Gasteiger partial charge in [0.1, 0.15) is 11.9 Å². The monoisotopic (exact) mass is 348 g/mol. The van der Waals surface area contributed by atoms with Crippen molar-refractivity contribution in [2.45, 2.75) is 11.8 Å². The molecule has 0 saturated heterocycles. The SMILES string of the molecule is Cc1cc(Cl)ccc1N1C=C(C#N)S(=O)(=O)c2ccc(F)cc21. The lowest BCUT2D eigenvalue weighted by Crippen LogP contribution is -2.22. The summed E-state index contributed by atoms with van der Waals surface area (Å²) in [4.78, 5) is 0.988. The number of fused-ring (bicyclic) bond motifs is 1. The van der Waals surface area contributed by atoms with Crippen molar-refractivity contribution < 1.29 is 12.8 Å². The Bertz CT molecular complexity index is 994. The van der Waals surface area contributed by atoms with Gasteiger partial charge in [0, 0.05) is 16.9 Å². The number of halogens is 2. The van der Waals surface area contributed by atoms with E-state index in [9.17, 15) is 12.8 Å². The molecule has 0 aliphatic carbocycles. The smallest absolute Gasteiger partial charge is 0.220 e. The van der Waals surface area contributed by atoms with E-state index in [1.165, 1.54) is 17.2 Å². The molecule has 1 heterocycles. The Labute approximate surface area is 137 Å². The van der Waals surface area contributed by atoms with Crippen molar-refractivity contribution >= 4 is 32.8 Å². The zero-order chi connectivity index (χ0) is 16.8. The molecule has 0 fully saturated rings. The first kappa shape index (κ1) is 15.5. The van der Waals surface area contributed by atoms with Gasteiger partial charge in [0.15, 0.2) is 4.91 Å². The summed E-state index contributed by atoms with van der Waals surface area (Å²) < 4.78 is 38.5. The predicted molar refractivity (Wildman–Crippen MR) is 85.6 cm³/mol. The van der Waals surface area contributed by atoms with Crippen LogP contribution in [0.15, 0.2) is 52.4 Å². The van der Waals surface area contributed by atoms with E-state index in [0.29, 0.717) is 10.7 Å². The van der Waals surface area contributed by atoms with Crippen molar-refractivity contribution in [2.75, 3.05) is 4.90 Å². The lowest BCUT2D eigenvalue weighted by molar-refractivity contribution is 0.600. The summed E-state index contributed by atoms with van der Waals surface area (Å²) in [7, 11) is -3.95. The minimum Gasteiger partial charge on any atom is -0.313 e. The van der Waals surface area contributed by atoms with Crippen LogP contribution in [0.1, 0.15) is 5.56 Å². The zero-order valence-corrected chi connectivity index (χ0v) is 13.5. The topological polar surface area (TPSA) is 61.2 Å². The number of nitriles is 1. The fourth-order valence-corrected chi connectivity index (χ4v) is 3.97. The number of allylic oxidation sites excluding steroid dienone is 1. The van der Waals surface area contributed by atoms with Crippen LogP contribution < -0.4 is 4.90 Å². The van der Waals surface area contributed by atoms with Crippen molar-refractivity contribution in [2.24, 2.45) is 0 Å². The van der Waals surface area contributed by atoms with Crippen LogP contribution in [0.25, 0.3) is 0 Å². The second-order valence-electron chi connectivity index (χ2n) is 5.02. The number of anilines is 2. The Morgan fingerprint density at radius 3 is 2.57 bits per heavy atom.